The number of hydrogen-bond donors (Lipinski definition) is 0. The fourth-order valence-corrected chi connectivity index (χ4v) is 9.74. The molecule has 2 heterocycles. The molecule has 9 aromatic rings. The zero-order valence-corrected chi connectivity index (χ0v) is 32.3. The number of pyridine rings is 1. The minimum atomic E-state index is -0.487. The first-order valence-corrected chi connectivity index (χ1v) is 19.9. The molecule has 0 saturated carbocycles. The van der Waals surface area contributed by atoms with Crippen molar-refractivity contribution in [2.75, 3.05) is 0 Å². The van der Waals surface area contributed by atoms with Crippen molar-refractivity contribution in [3.05, 3.63) is 228 Å². The van der Waals surface area contributed by atoms with Gasteiger partial charge in [0.15, 0.2) is 17.5 Å². The molecule has 0 unspecified atom stereocenters. The maximum absolute atomic E-state index is 5.27. The highest BCUT2D eigenvalue weighted by molar-refractivity contribution is 5.99. The van der Waals surface area contributed by atoms with Crippen molar-refractivity contribution in [1.82, 2.24) is 19.9 Å². The van der Waals surface area contributed by atoms with E-state index in [9.17, 15) is 0 Å². The van der Waals surface area contributed by atoms with Crippen LogP contribution in [0.15, 0.2) is 194 Å². The first-order chi connectivity index (χ1) is 28.5. The van der Waals surface area contributed by atoms with Gasteiger partial charge in [0.05, 0.1) is 11.1 Å². The fourth-order valence-electron chi connectivity index (χ4n) is 9.74. The molecule has 4 heteroatoms. The van der Waals surface area contributed by atoms with E-state index in [1.54, 1.807) is 0 Å². The molecular formula is C54H38N4. The van der Waals surface area contributed by atoms with Crippen LogP contribution in [0.25, 0.3) is 67.7 Å². The van der Waals surface area contributed by atoms with Crippen molar-refractivity contribution < 1.29 is 0 Å². The van der Waals surface area contributed by atoms with E-state index < -0.39 is 5.41 Å². The number of nitrogens with zero attached hydrogens (tertiary/aromatic N) is 4. The summed E-state index contributed by atoms with van der Waals surface area (Å²) in [6, 6.07) is 67.1. The molecule has 0 bridgehead atoms. The molecule has 2 aliphatic rings. The Bertz CT molecular complexity index is 2990. The smallest absolute Gasteiger partial charge is 0.164 e. The van der Waals surface area contributed by atoms with Crippen molar-refractivity contribution >= 4 is 0 Å². The average Bonchev–Trinajstić information content (AvgIpc) is 3.60. The van der Waals surface area contributed by atoms with Crippen LogP contribution in [-0.4, -0.2) is 19.9 Å². The highest BCUT2D eigenvalue weighted by Crippen LogP contribution is 2.63. The van der Waals surface area contributed by atoms with Gasteiger partial charge in [-0.3, -0.25) is 4.98 Å². The third-order valence-electron chi connectivity index (χ3n) is 12.3. The molecule has 58 heavy (non-hydrogen) atoms. The van der Waals surface area contributed by atoms with Gasteiger partial charge in [-0.1, -0.05) is 184 Å². The SMILES string of the molecule is CC1(C)c2ccccc2C2(c3ccccc3-c3c(-c4ccccc4-c4nc(-c5ccccc5)nc(-c5cccc(-c6ccccn6)c5)n4)cccc32)c2ccccc21. The number of fused-ring (bicyclic) bond motifs is 9. The molecule has 0 amide bonds. The predicted octanol–water partition coefficient (Wildman–Crippen LogP) is 12.6. The summed E-state index contributed by atoms with van der Waals surface area (Å²) >= 11 is 0. The average molecular weight is 743 g/mol. The van der Waals surface area contributed by atoms with Crippen LogP contribution in [0.4, 0.5) is 0 Å². The molecule has 274 valence electrons. The molecule has 1 spiro atoms. The van der Waals surface area contributed by atoms with Gasteiger partial charge >= 0.3 is 0 Å². The van der Waals surface area contributed by atoms with E-state index in [4.69, 9.17) is 15.0 Å². The molecule has 0 radical (unpaired) electrons. The second-order valence-corrected chi connectivity index (χ2v) is 15.8. The summed E-state index contributed by atoms with van der Waals surface area (Å²) < 4.78 is 0. The van der Waals surface area contributed by atoms with Gasteiger partial charge in [-0.15, -0.1) is 0 Å². The maximum Gasteiger partial charge on any atom is 0.164 e. The Morgan fingerprint density at radius 2 is 0.845 bits per heavy atom. The lowest BCUT2D eigenvalue weighted by atomic mass is 9.55. The Balaban J connectivity index is 1.16. The largest absolute Gasteiger partial charge is 0.256 e. The normalized spacial score (nSPS) is 14.0. The Hall–Kier alpha value is -7.30. The fraction of sp³-hybridized carbons (Fsp3) is 0.0741. The third kappa shape index (κ3) is 5.01. The van der Waals surface area contributed by atoms with Crippen LogP contribution in [0.3, 0.4) is 0 Å². The lowest BCUT2D eigenvalue weighted by Gasteiger charge is -2.46. The number of hydrogen-bond acceptors (Lipinski definition) is 4. The van der Waals surface area contributed by atoms with Gasteiger partial charge in [-0.2, -0.15) is 0 Å². The lowest BCUT2D eigenvalue weighted by Crippen LogP contribution is -2.40. The van der Waals surface area contributed by atoms with Gasteiger partial charge < -0.3 is 0 Å². The minimum absolute atomic E-state index is 0.162. The summed E-state index contributed by atoms with van der Waals surface area (Å²) in [4.78, 5) is 20.2. The van der Waals surface area contributed by atoms with E-state index >= 15 is 0 Å². The van der Waals surface area contributed by atoms with Gasteiger partial charge in [-0.05, 0) is 73.8 Å². The third-order valence-corrected chi connectivity index (χ3v) is 12.3. The highest BCUT2D eigenvalue weighted by atomic mass is 15.0. The topological polar surface area (TPSA) is 51.6 Å². The molecule has 0 N–H and O–H groups in total. The zero-order chi connectivity index (χ0) is 38.8. The van der Waals surface area contributed by atoms with Crippen LogP contribution in [-0.2, 0) is 10.8 Å². The second-order valence-electron chi connectivity index (χ2n) is 15.8. The van der Waals surface area contributed by atoms with Crippen LogP contribution in [0.2, 0.25) is 0 Å². The van der Waals surface area contributed by atoms with Crippen molar-refractivity contribution in [2.24, 2.45) is 0 Å². The van der Waals surface area contributed by atoms with Gasteiger partial charge in [0.2, 0.25) is 0 Å². The Morgan fingerprint density at radius 3 is 1.55 bits per heavy atom. The van der Waals surface area contributed by atoms with E-state index in [1.165, 1.54) is 44.5 Å². The quantitative estimate of drug-likeness (QED) is 0.176. The molecule has 2 aromatic heterocycles. The Labute approximate surface area is 338 Å². The van der Waals surface area contributed by atoms with Crippen molar-refractivity contribution in [3.8, 4) is 67.7 Å². The zero-order valence-electron chi connectivity index (χ0n) is 32.3. The Kier molecular flexibility index (Phi) is 7.70. The standard InChI is InChI=1S/C54H38N4/c1-53(2)43-27-10-12-29-45(43)54(46-30-13-11-28-44(46)53)42-26-9-8-24-41(42)49-39(25-17-31-47(49)54)38-22-6-7-23-40(38)52-57-50(35-18-4-3-5-19-35)56-51(58-52)37-21-16-20-36(34-37)48-32-14-15-33-55-48/h3-34H,1-2H3. The minimum Gasteiger partial charge on any atom is -0.256 e. The molecule has 0 aliphatic heterocycles. The van der Waals surface area contributed by atoms with Crippen molar-refractivity contribution in [2.45, 2.75) is 24.7 Å². The summed E-state index contributed by atoms with van der Waals surface area (Å²) in [6.45, 7) is 4.74. The second kappa shape index (κ2) is 13.1. The van der Waals surface area contributed by atoms with Gasteiger partial charge in [0.25, 0.3) is 0 Å². The molecule has 7 aromatic carbocycles. The summed E-state index contributed by atoms with van der Waals surface area (Å²) in [5, 5.41) is 0. The van der Waals surface area contributed by atoms with Crippen LogP contribution in [0.1, 0.15) is 47.2 Å². The van der Waals surface area contributed by atoms with Crippen LogP contribution in [0, 0.1) is 0 Å². The number of rotatable bonds is 5. The van der Waals surface area contributed by atoms with E-state index in [0.29, 0.717) is 17.5 Å². The number of aromatic nitrogens is 4. The molecule has 11 rings (SSSR count). The van der Waals surface area contributed by atoms with Crippen molar-refractivity contribution in [3.63, 3.8) is 0 Å². The summed E-state index contributed by atoms with van der Waals surface area (Å²) in [5.74, 6) is 1.85. The van der Waals surface area contributed by atoms with Crippen LogP contribution in [0.5, 0.6) is 0 Å². The van der Waals surface area contributed by atoms with E-state index in [1.807, 2.05) is 48.7 Å². The van der Waals surface area contributed by atoms with E-state index in [-0.39, 0.29) is 5.41 Å². The molecule has 0 atom stereocenters. The van der Waals surface area contributed by atoms with E-state index in [2.05, 4.69) is 164 Å². The van der Waals surface area contributed by atoms with Crippen LogP contribution < -0.4 is 0 Å². The van der Waals surface area contributed by atoms with Crippen molar-refractivity contribution in [1.29, 1.82) is 0 Å². The first kappa shape index (κ1) is 34.0. The first-order valence-electron chi connectivity index (χ1n) is 19.9. The van der Waals surface area contributed by atoms with E-state index in [0.717, 1.165) is 39.1 Å². The van der Waals surface area contributed by atoms with Gasteiger partial charge in [0.1, 0.15) is 0 Å². The summed E-state index contributed by atoms with van der Waals surface area (Å²) in [5.41, 5.74) is 16.8. The molecule has 2 aliphatic carbocycles. The van der Waals surface area contributed by atoms with Crippen LogP contribution >= 0.6 is 0 Å². The molecule has 0 fully saturated rings. The molecular weight excluding hydrogens is 705 g/mol. The molecule has 4 nitrogen and oxygen atoms in total. The molecule has 0 saturated heterocycles. The number of benzene rings is 7. The lowest BCUT2D eigenvalue weighted by molar-refractivity contribution is 0.563. The maximum atomic E-state index is 5.27. The monoisotopic (exact) mass is 742 g/mol. The van der Waals surface area contributed by atoms with Gasteiger partial charge in [-0.25, -0.2) is 15.0 Å². The Morgan fingerprint density at radius 1 is 0.345 bits per heavy atom. The highest BCUT2D eigenvalue weighted by Gasteiger charge is 2.53. The predicted molar refractivity (Wildman–Crippen MR) is 234 cm³/mol. The van der Waals surface area contributed by atoms with Gasteiger partial charge in [0, 0.05) is 33.9 Å². The summed E-state index contributed by atoms with van der Waals surface area (Å²) in [7, 11) is 0. The summed E-state index contributed by atoms with van der Waals surface area (Å²) in [6.07, 6.45) is 1.82.